The number of pyridine rings is 1. The van der Waals surface area contributed by atoms with Crippen molar-refractivity contribution in [2.75, 3.05) is 13.7 Å². The maximum absolute atomic E-state index is 5.78. The Morgan fingerprint density at radius 2 is 2.33 bits per heavy atom. The first-order valence-corrected chi connectivity index (χ1v) is 7.08. The summed E-state index contributed by atoms with van der Waals surface area (Å²) in [5.74, 6) is 0.615. The van der Waals surface area contributed by atoms with Crippen LogP contribution in [0.1, 0.15) is 25.5 Å². The number of methoxy groups -OCH3 is 1. The molecule has 1 unspecified atom stereocenters. The predicted molar refractivity (Wildman–Crippen MR) is 75.6 cm³/mol. The minimum absolute atomic E-state index is 0.0416. The van der Waals surface area contributed by atoms with Crippen molar-refractivity contribution in [1.82, 2.24) is 14.8 Å². The van der Waals surface area contributed by atoms with Gasteiger partial charge in [-0.05, 0) is 47.9 Å². The molecule has 2 aromatic heterocycles. The van der Waals surface area contributed by atoms with Crippen molar-refractivity contribution in [2.24, 2.45) is 0 Å². The Bertz CT molecular complexity index is 564. The third kappa shape index (κ3) is 2.07. The van der Waals surface area contributed by atoms with E-state index in [1.54, 1.807) is 7.11 Å². The zero-order valence-electron chi connectivity index (χ0n) is 10.1. The van der Waals surface area contributed by atoms with Crippen molar-refractivity contribution in [1.29, 1.82) is 0 Å². The van der Waals surface area contributed by atoms with E-state index in [9.17, 15) is 0 Å². The highest BCUT2D eigenvalue weighted by atomic mass is 127. The van der Waals surface area contributed by atoms with E-state index < -0.39 is 0 Å². The summed E-state index contributed by atoms with van der Waals surface area (Å²) in [5, 5.41) is 4.55. The lowest BCUT2D eigenvalue weighted by atomic mass is 10.2. The third-order valence-corrected chi connectivity index (χ3v) is 3.85. The van der Waals surface area contributed by atoms with Crippen LogP contribution in [-0.4, -0.2) is 28.5 Å². The van der Waals surface area contributed by atoms with Crippen molar-refractivity contribution in [3.8, 4) is 5.88 Å². The summed E-state index contributed by atoms with van der Waals surface area (Å²) in [4.78, 5) is 4.44. The van der Waals surface area contributed by atoms with Crippen LogP contribution in [0.4, 0.5) is 0 Å². The zero-order valence-corrected chi connectivity index (χ0v) is 12.3. The van der Waals surface area contributed by atoms with Crippen LogP contribution >= 0.6 is 22.6 Å². The number of hydrogen-bond donors (Lipinski definition) is 0. The van der Waals surface area contributed by atoms with E-state index in [1.807, 2.05) is 16.8 Å². The van der Waals surface area contributed by atoms with Crippen LogP contribution < -0.4 is 4.74 Å². The molecule has 18 heavy (non-hydrogen) atoms. The van der Waals surface area contributed by atoms with E-state index >= 15 is 0 Å². The second-order valence-corrected chi connectivity index (χ2v) is 5.30. The Kier molecular flexibility index (Phi) is 3.38. The van der Waals surface area contributed by atoms with Crippen LogP contribution in [-0.2, 0) is 4.74 Å². The van der Waals surface area contributed by atoms with Gasteiger partial charge in [-0.15, -0.1) is 0 Å². The lowest BCUT2D eigenvalue weighted by molar-refractivity contribution is -0.0368. The summed E-state index contributed by atoms with van der Waals surface area (Å²) in [5.41, 5.74) is 1.89. The summed E-state index contributed by atoms with van der Waals surface area (Å²) < 4.78 is 13.8. The molecule has 1 aliphatic rings. The molecule has 0 spiro atoms. The standard InChI is InChI=1S/C12H14IN3O2/c1-17-9-6-5-8-11(14-9)12(13)15-16(8)10-4-2-3-7-18-10/h5-6,10H,2-4,7H2,1H3. The van der Waals surface area contributed by atoms with Crippen molar-refractivity contribution in [3.05, 3.63) is 15.8 Å². The van der Waals surface area contributed by atoms with Crippen molar-refractivity contribution in [2.45, 2.75) is 25.5 Å². The van der Waals surface area contributed by atoms with E-state index in [0.29, 0.717) is 5.88 Å². The van der Waals surface area contributed by atoms with E-state index in [2.05, 4.69) is 32.7 Å². The molecular weight excluding hydrogens is 345 g/mol. The van der Waals surface area contributed by atoms with Gasteiger partial charge in [0, 0.05) is 12.7 Å². The Balaban J connectivity index is 2.07. The van der Waals surface area contributed by atoms with Crippen LogP contribution in [0, 0.1) is 3.70 Å². The third-order valence-electron chi connectivity index (χ3n) is 3.12. The van der Waals surface area contributed by atoms with E-state index in [0.717, 1.165) is 34.2 Å². The molecule has 0 aromatic carbocycles. The van der Waals surface area contributed by atoms with Gasteiger partial charge in [-0.1, -0.05) is 0 Å². The minimum Gasteiger partial charge on any atom is -0.481 e. The molecule has 3 heterocycles. The first kappa shape index (κ1) is 12.2. The second kappa shape index (κ2) is 5.00. The summed E-state index contributed by atoms with van der Waals surface area (Å²) in [6.45, 7) is 0.812. The molecule has 0 amide bonds. The molecule has 3 rings (SSSR count). The summed E-state index contributed by atoms with van der Waals surface area (Å²) in [6, 6.07) is 3.85. The van der Waals surface area contributed by atoms with Gasteiger partial charge in [-0.2, -0.15) is 5.10 Å². The fourth-order valence-electron chi connectivity index (χ4n) is 2.22. The number of ether oxygens (including phenoxy) is 2. The molecule has 6 heteroatoms. The van der Waals surface area contributed by atoms with Gasteiger partial charge in [-0.25, -0.2) is 9.67 Å². The van der Waals surface area contributed by atoms with Crippen molar-refractivity contribution < 1.29 is 9.47 Å². The van der Waals surface area contributed by atoms with Crippen LogP contribution in [0.3, 0.4) is 0 Å². The number of rotatable bonds is 2. The van der Waals surface area contributed by atoms with Crippen molar-refractivity contribution >= 4 is 33.6 Å². The molecule has 96 valence electrons. The fraction of sp³-hybridized carbons (Fsp3) is 0.500. The molecule has 0 bridgehead atoms. The highest BCUT2D eigenvalue weighted by Gasteiger charge is 2.21. The first-order valence-electron chi connectivity index (χ1n) is 6.00. The molecule has 1 saturated heterocycles. The quantitative estimate of drug-likeness (QED) is 0.774. The minimum atomic E-state index is 0.0416. The van der Waals surface area contributed by atoms with Gasteiger partial charge < -0.3 is 9.47 Å². The predicted octanol–water partition coefficient (Wildman–Crippen LogP) is 2.74. The summed E-state index contributed by atoms with van der Waals surface area (Å²) in [7, 11) is 1.62. The summed E-state index contributed by atoms with van der Waals surface area (Å²) >= 11 is 2.20. The average Bonchev–Trinajstić information content (AvgIpc) is 2.77. The van der Waals surface area contributed by atoms with Crippen LogP contribution in [0.2, 0.25) is 0 Å². The SMILES string of the molecule is COc1ccc2c(n1)c(I)nn2C1CCCCO1. The van der Waals surface area contributed by atoms with Crippen LogP contribution in [0.5, 0.6) is 5.88 Å². The molecule has 1 aliphatic heterocycles. The molecule has 1 fully saturated rings. The fourth-order valence-corrected chi connectivity index (χ4v) is 2.85. The smallest absolute Gasteiger partial charge is 0.213 e. The Morgan fingerprint density at radius 3 is 3.06 bits per heavy atom. The summed E-state index contributed by atoms with van der Waals surface area (Å²) in [6.07, 6.45) is 3.38. The first-order chi connectivity index (χ1) is 8.79. The van der Waals surface area contributed by atoms with Gasteiger partial charge in [0.25, 0.3) is 0 Å². The maximum atomic E-state index is 5.78. The molecule has 2 aromatic rings. The molecule has 0 aliphatic carbocycles. The lowest BCUT2D eigenvalue weighted by Crippen LogP contribution is -2.19. The number of halogens is 1. The van der Waals surface area contributed by atoms with Gasteiger partial charge in [0.15, 0.2) is 6.23 Å². The van der Waals surface area contributed by atoms with Gasteiger partial charge in [0.1, 0.15) is 9.22 Å². The Morgan fingerprint density at radius 1 is 1.44 bits per heavy atom. The number of aromatic nitrogens is 3. The largest absolute Gasteiger partial charge is 0.481 e. The highest BCUT2D eigenvalue weighted by molar-refractivity contribution is 14.1. The van der Waals surface area contributed by atoms with Crippen molar-refractivity contribution in [3.63, 3.8) is 0 Å². The van der Waals surface area contributed by atoms with E-state index in [1.165, 1.54) is 6.42 Å². The Hall–Kier alpha value is -0.890. The van der Waals surface area contributed by atoms with Gasteiger partial charge in [-0.3, -0.25) is 0 Å². The molecule has 0 saturated carbocycles. The highest BCUT2D eigenvalue weighted by Crippen LogP contribution is 2.28. The van der Waals surface area contributed by atoms with Gasteiger partial charge >= 0.3 is 0 Å². The average molecular weight is 359 g/mol. The molecular formula is C12H14IN3O2. The van der Waals surface area contributed by atoms with E-state index in [4.69, 9.17) is 9.47 Å². The number of hydrogen-bond acceptors (Lipinski definition) is 4. The Labute approximate surface area is 119 Å². The zero-order chi connectivity index (χ0) is 12.5. The maximum Gasteiger partial charge on any atom is 0.213 e. The molecule has 5 nitrogen and oxygen atoms in total. The normalized spacial score (nSPS) is 20.2. The lowest BCUT2D eigenvalue weighted by Gasteiger charge is -2.23. The van der Waals surface area contributed by atoms with Gasteiger partial charge in [0.05, 0.1) is 12.6 Å². The molecule has 1 atom stereocenters. The monoisotopic (exact) mass is 359 g/mol. The topological polar surface area (TPSA) is 49.2 Å². The number of fused-ring (bicyclic) bond motifs is 1. The molecule has 0 N–H and O–H groups in total. The van der Waals surface area contributed by atoms with Gasteiger partial charge in [0.2, 0.25) is 5.88 Å². The van der Waals surface area contributed by atoms with Crippen LogP contribution in [0.25, 0.3) is 11.0 Å². The molecule has 0 radical (unpaired) electrons. The van der Waals surface area contributed by atoms with Crippen LogP contribution in [0.15, 0.2) is 12.1 Å². The second-order valence-electron chi connectivity index (χ2n) is 4.28. The van der Waals surface area contributed by atoms with E-state index in [-0.39, 0.29) is 6.23 Å². The number of nitrogens with zero attached hydrogens (tertiary/aromatic N) is 3.